The molecular formula is C10H9BrN2O3. The van der Waals surface area contributed by atoms with Crippen molar-refractivity contribution in [3.05, 3.63) is 44.9 Å². The first-order chi connectivity index (χ1) is 7.45. The van der Waals surface area contributed by atoms with Gasteiger partial charge in [0.15, 0.2) is 0 Å². The van der Waals surface area contributed by atoms with Crippen molar-refractivity contribution in [3.63, 3.8) is 0 Å². The van der Waals surface area contributed by atoms with E-state index in [1.807, 2.05) is 0 Å². The van der Waals surface area contributed by atoms with Crippen LogP contribution in [0.1, 0.15) is 5.56 Å². The van der Waals surface area contributed by atoms with Gasteiger partial charge < -0.3 is 5.32 Å². The van der Waals surface area contributed by atoms with E-state index >= 15 is 0 Å². The minimum atomic E-state index is -0.495. The molecule has 0 aliphatic heterocycles. The van der Waals surface area contributed by atoms with Crippen LogP contribution in [0.5, 0.6) is 0 Å². The Balaban J connectivity index is 3.19. The molecule has 84 valence electrons. The van der Waals surface area contributed by atoms with E-state index in [0.717, 1.165) is 6.08 Å². The highest BCUT2D eigenvalue weighted by atomic mass is 79.9. The second-order valence-electron chi connectivity index (χ2n) is 3.07. The van der Waals surface area contributed by atoms with Crippen LogP contribution in [0.25, 0.3) is 0 Å². The normalized spacial score (nSPS) is 9.62. The van der Waals surface area contributed by atoms with E-state index in [2.05, 4.69) is 27.8 Å². The summed E-state index contributed by atoms with van der Waals surface area (Å²) in [5, 5.41) is 13.2. The molecule has 0 unspecified atom stereocenters. The van der Waals surface area contributed by atoms with E-state index in [9.17, 15) is 14.9 Å². The van der Waals surface area contributed by atoms with Crippen LogP contribution in [0, 0.1) is 17.0 Å². The minimum absolute atomic E-state index is 0.0393. The lowest BCUT2D eigenvalue weighted by Crippen LogP contribution is -2.08. The predicted molar refractivity (Wildman–Crippen MR) is 64.4 cm³/mol. The average molecular weight is 285 g/mol. The van der Waals surface area contributed by atoms with E-state index in [4.69, 9.17) is 0 Å². The number of hydrogen-bond donors (Lipinski definition) is 1. The van der Waals surface area contributed by atoms with Gasteiger partial charge in [-0.2, -0.15) is 0 Å². The van der Waals surface area contributed by atoms with Crippen molar-refractivity contribution in [2.75, 3.05) is 5.32 Å². The van der Waals surface area contributed by atoms with Crippen molar-refractivity contribution in [1.29, 1.82) is 0 Å². The van der Waals surface area contributed by atoms with Gasteiger partial charge in [0.1, 0.15) is 0 Å². The molecule has 6 heteroatoms. The Morgan fingerprint density at radius 3 is 2.75 bits per heavy atom. The fourth-order valence-corrected chi connectivity index (χ4v) is 1.69. The van der Waals surface area contributed by atoms with Crippen LogP contribution in [0.2, 0.25) is 0 Å². The number of halogens is 1. The lowest BCUT2D eigenvalue weighted by Gasteiger charge is -2.06. The van der Waals surface area contributed by atoms with Crippen LogP contribution in [-0.4, -0.2) is 10.8 Å². The van der Waals surface area contributed by atoms with Crippen molar-refractivity contribution in [2.24, 2.45) is 0 Å². The van der Waals surface area contributed by atoms with Gasteiger partial charge in [0.2, 0.25) is 5.91 Å². The molecule has 5 nitrogen and oxygen atoms in total. The molecule has 0 saturated carbocycles. The lowest BCUT2D eigenvalue weighted by molar-refractivity contribution is -0.385. The Bertz CT molecular complexity index is 471. The van der Waals surface area contributed by atoms with E-state index in [1.54, 1.807) is 13.0 Å². The monoisotopic (exact) mass is 284 g/mol. The second-order valence-corrected chi connectivity index (χ2v) is 3.92. The zero-order valence-electron chi connectivity index (χ0n) is 8.49. The van der Waals surface area contributed by atoms with Crippen molar-refractivity contribution in [2.45, 2.75) is 6.92 Å². The molecule has 1 rings (SSSR count). The molecular weight excluding hydrogens is 276 g/mol. The smallest absolute Gasteiger partial charge is 0.274 e. The fraction of sp³-hybridized carbons (Fsp3) is 0.100. The number of aryl methyl sites for hydroxylation is 1. The molecule has 1 aromatic carbocycles. The number of rotatable bonds is 3. The highest BCUT2D eigenvalue weighted by Crippen LogP contribution is 2.30. The Morgan fingerprint density at radius 2 is 2.25 bits per heavy atom. The summed E-state index contributed by atoms with van der Waals surface area (Å²) in [4.78, 5) is 21.3. The molecule has 16 heavy (non-hydrogen) atoms. The summed E-state index contributed by atoms with van der Waals surface area (Å²) in [7, 11) is 0. The first-order valence-electron chi connectivity index (χ1n) is 4.33. The van der Waals surface area contributed by atoms with Crippen LogP contribution in [0.4, 0.5) is 11.4 Å². The number of carbonyl (C=O) groups is 1. The zero-order chi connectivity index (χ0) is 12.3. The fourth-order valence-electron chi connectivity index (χ4n) is 1.14. The molecule has 0 saturated heterocycles. The van der Waals surface area contributed by atoms with Gasteiger partial charge in [0, 0.05) is 16.1 Å². The molecule has 0 atom stereocenters. The largest absolute Gasteiger partial charge is 0.321 e. The van der Waals surface area contributed by atoms with Crippen LogP contribution in [0.15, 0.2) is 29.3 Å². The Hall–Kier alpha value is -1.69. The number of amides is 1. The number of nitrogens with one attached hydrogen (secondary N) is 1. The van der Waals surface area contributed by atoms with E-state index in [-0.39, 0.29) is 5.69 Å². The number of nitrogens with zero attached hydrogens (tertiary/aromatic N) is 1. The van der Waals surface area contributed by atoms with Gasteiger partial charge >= 0.3 is 0 Å². The molecule has 0 bridgehead atoms. The summed E-state index contributed by atoms with van der Waals surface area (Å²) in [6.07, 6.45) is 1.10. The van der Waals surface area contributed by atoms with Crippen molar-refractivity contribution >= 4 is 33.2 Å². The SMILES string of the molecule is C=CC(=O)Nc1cc([N+](=O)[O-])c(C)cc1Br. The van der Waals surface area contributed by atoms with E-state index in [1.165, 1.54) is 6.07 Å². The molecule has 1 N–H and O–H groups in total. The molecule has 1 aromatic rings. The zero-order valence-corrected chi connectivity index (χ0v) is 10.1. The topological polar surface area (TPSA) is 72.2 Å². The van der Waals surface area contributed by atoms with Gasteiger partial charge in [-0.05, 0) is 35.0 Å². The van der Waals surface area contributed by atoms with Crippen LogP contribution in [0.3, 0.4) is 0 Å². The number of nitro benzene ring substituents is 1. The number of nitro groups is 1. The third kappa shape index (κ3) is 2.66. The third-order valence-corrected chi connectivity index (χ3v) is 2.58. The standard InChI is InChI=1S/C10H9BrN2O3/c1-3-10(14)12-8-5-9(13(15)16)6(2)4-7(8)11/h3-5H,1H2,2H3,(H,12,14). The maximum Gasteiger partial charge on any atom is 0.274 e. The van der Waals surface area contributed by atoms with Crippen LogP contribution in [-0.2, 0) is 4.79 Å². The third-order valence-electron chi connectivity index (χ3n) is 1.93. The molecule has 0 aromatic heterocycles. The first-order valence-corrected chi connectivity index (χ1v) is 5.13. The Morgan fingerprint density at radius 1 is 1.62 bits per heavy atom. The Labute approximate surface area is 100 Å². The predicted octanol–water partition coefficient (Wildman–Crippen LogP) is 2.79. The molecule has 0 spiro atoms. The van der Waals surface area contributed by atoms with Gasteiger partial charge in [-0.1, -0.05) is 6.58 Å². The minimum Gasteiger partial charge on any atom is -0.321 e. The van der Waals surface area contributed by atoms with Gasteiger partial charge in [0.05, 0.1) is 10.6 Å². The number of carbonyl (C=O) groups excluding carboxylic acids is 1. The summed E-state index contributed by atoms with van der Waals surface area (Å²) in [6, 6.07) is 2.89. The highest BCUT2D eigenvalue weighted by molar-refractivity contribution is 9.10. The maximum atomic E-state index is 11.1. The first kappa shape index (κ1) is 12.4. The number of benzene rings is 1. The van der Waals surface area contributed by atoms with Gasteiger partial charge in [-0.15, -0.1) is 0 Å². The molecule has 0 radical (unpaired) electrons. The van der Waals surface area contributed by atoms with E-state index < -0.39 is 10.8 Å². The molecule has 0 fully saturated rings. The lowest BCUT2D eigenvalue weighted by atomic mass is 10.2. The molecule has 0 heterocycles. The molecule has 0 aliphatic rings. The summed E-state index contributed by atoms with van der Waals surface area (Å²) >= 11 is 3.22. The maximum absolute atomic E-state index is 11.1. The van der Waals surface area contributed by atoms with Crippen molar-refractivity contribution in [3.8, 4) is 0 Å². The highest BCUT2D eigenvalue weighted by Gasteiger charge is 2.14. The van der Waals surface area contributed by atoms with Crippen LogP contribution < -0.4 is 5.32 Å². The number of hydrogen-bond acceptors (Lipinski definition) is 3. The van der Waals surface area contributed by atoms with E-state index in [0.29, 0.717) is 15.7 Å². The summed E-state index contributed by atoms with van der Waals surface area (Å²) in [5.41, 5.74) is 0.832. The van der Waals surface area contributed by atoms with Crippen molar-refractivity contribution < 1.29 is 9.72 Å². The van der Waals surface area contributed by atoms with Gasteiger partial charge in [-0.25, -0.2) is 0 Å². The van der Waals surface area contributed by atoms with Crippen molar-refractivity contribution in [1.82, 2.24) is 0 Å². The quantitative estimate of drug-likeness (QED) is 0.527. The van der Waals surface area contributed by atoms with Gasteiger partial charge in [0.25, 0.3) is 5.69 Å². The summed E-state index contributed by atoms with van der Waals surface area (Å²) in [5.74, 6) is -0.418. The second kappa shape index (κ2) is 4.89. The number of anilines is 1. The molecule has 0 aliphatic carbocycles. The van der Waals surface area contributed by atoms with Gasteiger partial charge in [-0.3, -0.25) is 14.9 Å². The Kier molecular flexibility index (Phi) is 3.78. The average Bonchev–Trinajstić information content (AvgIpc) is 2.21. The summed E-state index contributed by atoms with van der Waals surface area (Å²) in [6.45, 7) is 4.93. The van der Waals surface area contributed by atoms with Crippen LogP contribution >= 0.6 is 15.9 Å². The summed E-state index contributed by atoms with van der Waals surface area (Å²) < 4.78 is 0.589. The molecule has 1 amide bonds.